The molecule has 4 heteroatoms. The molecule has 0 saturated carbocycles. The lowest BCUT2D eigenvalue weighted by Crippen LogP contribution is -1.97. The highest BCUT2D eigenvalue weighted by molar-refractivity contribution is 5.67. The smallest absolute Gasteiger partial charge is 0.303 e. The molecule has 0 aromatic carbocycles. The molecule has 0 bridgehead atoms. The average Bonchev–Trinajstić information content (AvgIpc) is 2.00. The monoisotopic (exact) mass is 186 g/mol. The maximum Gasteiger partial charge on any atom is 0.303 e. The highest BCUT2D eigenvalue weighted by atomic mass is 16.4. The van der Waals surface area contributed by atoms with Crippen molar-refractivity contribution in [1.29, 1.82) is 0 Å². The van der Waals surface area contributed by atoms with E-state index in [-0.39, 0.29) is 12.8 Å². The van der Waals surface area contributed by atoms with E-state index in [0.29, 0.717) is 19.3 Å². The van der Waals surface area contributed by atoms with E-state index in [9.17, 15) is 9.59 Å². The number of hydrogen-bond acceptors (Lipinski definition) is 2. The molecule has 0 aliphatic rings. The maximum absolute atomic E-state index is 10.2. The van der Waals surface area contributed by atoms with Crippen molar-refractivity contribution >= 4 is 11.9 Å². The lowest BCUT2D eigenvalue weighted by Gasteiger charge is -2.01. The van der Waals surface area contributed by atoms with E-state index < -0.39 is 11.9 Å². The van der Waals surface area contributed by atoms with Crippen LogP contribution in [0.5, 0.6) is 0 Å². The van der Waals surface area contributed by atoms with Crippen molar-refractivity contribution in [3.05, 3.63) is 12.2 Å². The summed E-state index contributed by atoms with van der Waals surface area (Å²) < 4.78 is 0. The van der Waals surface area contributed by atoms with Crippen LogP contribution in [0.4, 0.5) is 0 Å². The quantitative estimate of drug-likeness (QED) is 0.593. The molecule has 4 nitrogen and oxygen atoms in total. The molecule has 0 aromatic heterocycles. The molecule has 0 radical (unpaired) electrons. The first-order valence-electron chi connectivity index (χ1n) is 4.12. The molecule has 2 N–H and O–H groups in total. The van der Waals surface area contributed by atoms with Gasteiger partial charge in [0.1, 0.15) is 0 Å². The van der Waals surface area contributed by atoms with Gasteiger partial charge in [-0.15, -0.1) is 0 Å². The number of rotatable bonds is 7. The third kappa shape index (κ3) is 8.59. The van der Waals surface area contributed by atoms with Gasteiger partial charge in [-0.25, -0.2) is 0 Å². The average molecular weight is 186 g/mol. The van der Waals surface area contributed by atoms with Crippen LogP contribution in [0, 0.1) is 0 Å². The fourth-order valence-electron chi connectivity index (χ4n) is 0.898. The summed E-state index contributed by atoms with van der Waals surface area (Å²) in [4.78, 5) is 20.3. The minimum Gasteiger partial charge on any atom is -0.481 e. The van der Waals surface area contributed by atoms with Crippen molar-refractivity contribution in [3.8, 4) is 0 Å². The minimum atomic E-state index is -0.848. The molecule has 0 aliphatic heterocycles. The van der Waals surface area contributed by atoms with Gasteiger partial charge in [0.25, 0.3) is 0 Å². The molecule has 0 fully saturated rings. The summed E-state index contributed by atoms with van der Waals surface area (Å²) in [6.07, 6.45) is 1.76. The summed E-state index contributed by atoms with van der Waals surface area (Å²) in [6.45, 7) is 3.67. The molecular weight excluding hydrogens is 172 g/mol. The van der Waals surface area contributed by atoms with E-state index in [4.69, 9.17) is 10.2 Å². The molecule has 0 saturated heterocycles. The third-order valence-electron chi connectivity index (χ3n) is 1.61. The van der Waals surface area contributed by atoms with Crippen molar-refractivity contribution in [2.75, 3.05) is 0 Å². The zero-order valence-electron chi connectivity index (χ0n) is 7.45. The van der Waals surface area contributed by atoms with Crippen LogP contribution in [0.1, 0.15) is 32.1 Å². The highest BCUT2D eigenvalue weighted by Gasteiger charge is 2.01. The molecule has 0 spiro atoms. The molecule has 0 amide bonds. The molecule has 0 atom stereocenters. The third-order valence-corrected chi connectivity index (χ3v) is 1.61. The Balaban J connectivity index is 3.41. The van der Waals surface area contributed by atoms with Gasteiger partial charge in [0, 0.05) is 12.8 Å². The zero-order valence-corrected chi connectivity index (χ0v) is 7.45. The summed E-state index contributed by atoms with van der Waals surface area (Å²) in [7, 11) is 0. The second-order valence-corrected chi connectivity index (χ2v) is 2.89. The Bertz CT molecular complexity index is 208. The Morgan fingerprint density at radius 1 is 0.923 bits per heavy atom. The first kappa shape index (κ1) is 11.7. The van der Waals surface area contributed by atoms with Crippen LogP contribution in [0.25, 0.3) is 0 Å². The van der Waals surface area contributed by atoms with Crippen LogP contribution in [-0.2, 0) is 9.59 Å². The van der Waals surface area contributed by atoms with Crippen LogP contribution in [0.3, 0.4) is 0 Å². The van der Waals surface area contributed by atoms with E-state index in [1.54, 1.807) is 0 Å². The first-order chi connectivity index (χ1) is 6.02. The Morgan fingerprint density at radius 2 is 1.46 bits per heavy atom. The van der Waals surface area contributed by atoms with Crippen molar-refractivity contribution in [2.24, 2.45) is 0 Å². The topological polar surface area (TPSA) is 74.6 Å². The van der Waals surface area contributed by atoms with Crippen LogP contribution < -0.4 is 0 Å². The van der Waals surface area contributed by atoms with Gasteiger partial charge >= 0.3 is 11.9 Å². The molecule has 0 unspecified atom stereocenters. The predicted molar refractivity (Wildman–Crippen MR) is 47.5 cm³/mol. The normalized spacial score (nSPS) is 9.54. The van der Waals surface area contributed by atoms with Crippen molar-refractivity contribution in [2.45, 2.75) is 32.1 Å². The van der Waals surface area contributed by atoms with Gasteiger partial charge in [0.05, 0.1) is 0 Å². The minimum absolute atomic E-state index is 0.0753. The SMILES string of the molecule is C=C(CCCC(=O)O)CCC(=O)O. The van der Waals surface area contributed by atoms with Crippen molar-refractivity contribution in [1.82, 2.24) is 0 Å². The van der Waals surface area contributed by atoms with Gasteiger partial charge in [0.15, 0.2) is 0 Å². The summed E-state index contributed by atoms with van der Waals surface area (Å²) in [5, 5.41) is 16.7. The standard InChI is InChI=1S/C9H14O4/c1-7(5-6-9(12)13)3-2-4-8(10)11/h1-6H2,(H,10,11)(H,12,13). The summed E-state index contributed by atoms with van der Waals surface area (Å²) in [5.74, 6) is -1.68. The molecule has 13 heavy (non-hydrogen) atoms. The van der Waals surface area contributed by atoms with E-state index in [1.165, 1.54) is 0 Å². The van der Waals surface area contributed by atoms with Crippen LogP contribution >= 0.6 is 0 Å². The summed E-state index contributed by atoms with van der Waals surface area (Å²) in [6, 6.07) is 0. The molecule has 74 valence electrons. The number of hydrogen-bond donors (Lipinski definition) is 2. The van der Waals surface area contributed by atoms with Crippen LogP contribution in [0.15, 0.2) is 12.2 Å². The molecule has 0 aromatic rings. The van der Waals surface area contributed by atoms with E-state index in [1.807, 2.05) is 0 Å². The van der Waals surface area contributed by atoms with Gasteiger partial charge in [-0.05, 0) is 19.3 Å². The van der Waals surface area contributed by atoms with Crippen molar-refractivity contribution < 1.29 is 19.8 Å². The molecule has 0 aliphatic carbocycles. The van der Waals surface area contributed by atoms with Crippen molar-refractivity contribution in [3.63, 3.8) is 0 Å². The number of carboxylic acids is 2. The number of allylic oxidation sites excluding steroid dienone is 1. The second-order valence-electron chi connectivity index (χ2n) is 2.89. The van der Waals surface area contributed by atoms with Gasteiger partial charge in [0.2, 0.25) is 0 Å². The fraction of sp³-hybridized carbons (Fsp3) is 0.556. The molecule has 0 heterocycles. The Hall–Kier alpha value is -1.32. The fourth-order valence-corrected chi connectivity index (χ4v) is 0.898. The van der Waals surface area contributed by atoms with E-state index in [0.717, 1.165) is 5.57 Å². The molecular formula is C9H14O4. The largest absolute Gasteiger partial charge is 0.481 e. The van der Waals surface area contributed by atoms with E-state index in [2.05, 4.69) is 6.58 Å². The zero-order chi connectivity index (χ0) is 10.3. The lowest BCUT2D eigenvalue weighted by atomic mass is 10.1. The summed E-state index contributed by atoms with van der Waals surface area (Å²) in [5.41, 5.74) is 0.809. The Labute approximate surface area is 76.9 Å². The number of aliphatic carboxylic acids is 2. The van der Waals surface area contributed by atoms with Gasteiger partial charge in [-0.1, -0.05) is 12.2 Å². The predicted octanol–water partition coefficient (Wildman–Crippen LogP) is 1.66. The highest BCUT2D eigenvalue weighted by Crippen LogP contribution is 2.11. The number of carbonyl (C=O) groups is 2. The summed E-state index contributed by atoms with van der Waals surface area (Å²) >= 11 is 0. The lowest BCUT2D eigenvalue weighted by molar-refractivity contribution is -0.138. The Kier molecular flexibility index (Phi) is 5.59. The first-order valence-corrected chi connectivity index (χ1v) is 4.12. The second kappa shape index (κ2) is 6.22. The molecule has 0 rings (SSSR count). The van der Waals surface area contributed by atoms with Gasteiger partial charge in [-0.2, -0.15) is 0 Å². The van der Waals surface area contributed by atoms with Crippen LogP contribution in [0.2, 0.25) is 0 Å². The van der Waals surface area contributed by atoms with E-state index >= 15 is 0 Å². The maximum atomic E-state index is 10.2. The number of carboxylic acid groups (broad SMARTS) is 2. The van der Waals surface area contributed by atoms with Gasteiger partial charge < -0.3 is 10.2 Å². The Morgan fingerprint density at radius 3 is 1.92 bits per heavy atom. The van der Waals surface area contributed by atoms with Gasteiger partial charge in [-0.3, -0.25) is 9.59 Å². The van der Waals surface area contributed by atoms with Crippen LogP contribution in [-0.4, -0.2) is 22.2 Å².